The van der Waals surface area contributed by atoms with Crippen LogP contribution in [0.4, 0.5) is 0 Å². The topological polar surface area (TPSA) is 46.2 Å². The van der Waals surface area contributed by atoms with E-state index in [2.05, 4.69) is 65.8 Å². The zero-order valence-electron chi connectivity index (χ0n) is 21.8. The minimum absolute atomic E-state index is 0.642. The van der Waals surface area contributed by atoms with E-state index in [1.807, 2.05) is 0 Å². The van der Waals surface area contributed by atoms with Crippen LogP contribution in [-0.4, -0.2) is 53.8 Å². The summed E-state index contributed by atoms with van der Waals surface area (Å²) in [5.41, 5.74) is 0. The van der Waals surface area contributed by atoms with E-state index in [0.29, 0.717) is 6.61 Å². The van der Waals surface area contributed by atoms with Crippen molar-refractivity contribution in [1.82, 2.24) is 0 Å². The van der Waals surface area contributed by atoms with E-state index in [1.165, 1.54) is 32.1 Å². The van der Waals surface area contributed by atoms with Crippen molar-refractivity contribution in [3.8, 4) is 0 Å². The average molecular weight is 497 g/mol. The third-order valence-electron chi connectivity index (χ3n) is 3.90. The van der Waals surface area contributed by atoms with Crippen molar-refractivity contribution in [2.24, 2.45) is 0 Å². The molecule has 0 saturated heterocycles. The fraction of sp³-hybridized carbons (Fsp3) is 1.00. The molecule has 0 amide bonds. The first kappa shape index (κ1) is 30.7. The summed E-state index contributed by atoms with van der Waals surface area (Å²) in [6, 6.07) is 0. The predicted octanol–water partition coefficient (Wildman–Crippen LogP) is 7.15. The van der Waals surface area contributed by atoms with Gasteiger partial charge in [0.15, 0.2) is 25.0 Å². The van der Waals surface area contributed by atoms with Crippen LogP contribution in [0.15, 0.2) is 0 Å². The van der Waals surface area contributed by atoms with Crippen molar-refractivity contribution >= 4 is 34.0 Å². The monoisotopic (exact) mass is 496 g/mol. The molecule has 0 aromatic carbocycles. The fourth-order valence-electron chi connectivity index (χ4n) is 2.87. The average Bonchev–Trinajstić information content (AvgIpc) is 2.50. The van der Waals surface area contributed by atoms with Gasteiger partial charge < -0.3 is 21.5 Å². The first-order valence-corrected chi connectivity index (χ1v) is 23.9. The third kappa shape index (κ3) is 19.4. The highest BCUT2D eigenvalue weighted by Crippen LogP contribution is 2.27. The SMILES string of the molecule is CCCCCCOCCCCCCO[Si](O[Si](C)(C)C)(O[Si](C)(C)C)O[Si](C)(C)C. The second-order valence-corrected chi connectivity index (χ2v) is 27.5. The summed E-state index contributed by atoms with van der Waals surface area (Å²) in [6.45, 7) is 24.3. The summed E-state index contributed by atoms with van der Waals surface area (Å²) in [5, 5.41) is 0. The van der Waals surface area contributed by atoms with Crippen LogP contribution in [-0.2, 0) is 21.5 Å². The van der Waals surface area contributed by atoms with Crippen LogP contribution in [0, 0.1) is 0 Å². The molecule has 0 aromatic heterocycles. The number of unbranched alkanes of at least 4 members (excludes halogenated alkanes) is 6. The maximum atomic E-state index is 6.54. The van der Waals surface area contributed by atoms with Crippen molar-refractivity contribution in [2.45, 2.75) is 117 Å². The molecule has 0 saturated carbocycles. The molecule has 0 fully saturated rings. The molecule has 0 aromatic rings. The molecule has 0 aliphatic rings. The Hall–Kier alpha value is 0.668. The molecule has 9 heteroatoms. The van der Waals surface area contributed by atoms with Gasteiger partial charge in [0.1, 0.15) is 0 Å². The molecule has 0 spiro atoms. The lowest BCUT2D eigenvalue weighted by Crippen LogP contribution is -2.62. The van der Waals surface area contributed by atoms with Crippen LogP contribution in [0.1, 0.15) is 58.3 Å². The Bertz CT molecular complexity index is 390. The van der Waals surface area contributed by atoms with Crippen molar-refractivity contribution in [2.75, 3.05) is 19.8 Å². The smallest absolute Gasteiger partial charge is 0.395 e. The Morgan fingerprint density at radius 3 is 1.20 bits per heavy atom. The summed E-state index contributed by atoms with van der Waals surface area (Å²) in [4.78, 5) is 0. The van der Waals surface area contributed by atoms with E-state index in [4.69, 9.17) is 21.5 Å². The Morgan fingerprint density at radius 2 is 0.833 bits per heavy atom. The van der Waals surface area contributed by atoms with E-state index in [0.717, 1.165) is 32.5 Å². The zero-order valence-corrected chi connectivity index (χ0v) is 25.8. The molecule has 182 valence electrons. The zero-order chi connectivity index (χ0) is 23.3. The van der Waals surface area contributed by atoms with Crippen molar-refractivity contribution in [3.05, 3.63) is 0 Å². The number of hydrogen-bond donors (Lipinski definition) is 0. The molecular weight excluding hydrogens is 445 g/mol. The van der Waals surface area contributed by atoms with Crippen molar-refractivity contribution in [3.63, 3.8) is 0 Å². The standard InChI is InChI=1S/C21H52O5Si4/c1-11-12-13-16-19-22-20-17-14-15-18-21-23-30(24-27(2,3)4,25-28(5,6)7)26-29(8,9)10/h11-21H2,1-10H3. The van der Waals surface area contributed by atoms with Gasteiger partial charge in [-0.05, 0) is 78.2 Å². The van der Waals surface area contributed by atoms with Gasteiger partial charge >= 0.3 is 9.05 Å². The summed E-state index contributed by atoms with van der Waals surface area (Å²) in [5.74, 6) is 0. The first-order valence-electron chi connectivity index (χ1n) is 12.0. The first-order chi connectivity index (χ1) is 13.7. The van der Waals surface area contributed by atoms with E-state index in [-0.39, 0.29) is 0 Å². The van der Waals surface area contributed by atoms with Gasteiger partial charge in [-0.3, -0.25) is 0 Å². The van der Waals surface area contributed by atoms with Gasteiger partial charge in [0.05, 0.1) is 0 Å². The molecule has 0 aliphatic carbocycles. The van der Waals surface area contributed by atoms with Gasteiger partial charge in [-0.2, -0.15) is 0 Å². The Kier molecular flexibility index (Phi) is 15.1. The van der Waals surface area contributed by atoms with E-state index < -0.39 is 34.0 Å². The highest BCUT2D eigenvalue weighted by Gasteiger charge is 2.53. The molecule has 0 atom stereocenters. The molecule has 0 aliphatic heterocycles. The van der Waals surface area contributed by atoms with Gasteiger partial charge in [-0.25, -0.2) is 0 Å². The molecule has 0 radical (unpaired) electrons. The number of ether oxygens (including phenoxy) is 1. The highest BCUT2D eigenvalue weighted by molar-refractivity contribution is 6.87. The summed E-state index contributed by atoms with van der Waals surface area (Å²) < 4.78 is 31.7. The summed E-state index contributed by atoms with van der Waals surface area (Å²) in [7, 11) is -8.78. The minimum Gasteiger partial charge on any atom is -0.395 e. The minimum atomic E-state index is -3.14. The maximum absolute atomic E-state index is 6.54. The van der Waals surface area contributed by atoms with Crippen LogP contribution in [0.5, 0.6) is 0 Å². The molecule has 0 heterocycles. The largest absolute Gasteiger partial charge is 0.647 e. The van der Waals surface area contributed by atoms with Crippen molar-refractivity contribution < 1.29 is 21.5 Å². The second kappa shape index (κ2) is 14.7. The fourth-order valence-corrected chi connectivity index (χ4v) is 14.6. The third-order valence-corrected chi connectivity index (χ3v) is 14.8. The Morgan fingerprint density at radius 1 is 0.467 bits per heavy atom. The lowest BCUT2D eigenvalue weighted by atomic mass is 10.2. The van der Waals surface area contributed by atoms with Crippen LogP contribution >= 0.6 is 0 Å². The van der Waals surface area contributed by atoms with Crippen LogP contribution in [0.25, 0.3) is 0 Å². The van der Waals surface area contributed by atoms with Gasteiger partial charge in [0.25, 0.3) is 0 Å². The molecule has 0 bridgehead atoms. The van der Waals surface area contributed by atoms with Gasteiger partial charge in [0.2, 0.25) is 0 Å². The van der Waals surface area contributed by atoms with E-state index in [1.54, 1.807) is 0 Å². The molecule has 5 nitrogen and oxygen atoms in total. The van der Waals surface area contributed by atoms with E-state index >= 15 is 0 Å². The predicted molar refractivity (Wildman–Crippen MR) is 138 cm³/mol. The second-order valence-electron chi connectivity index (χ2n) is 11.1. The summed E-state index contributed by atoms with van der Waals surface area (Å²) in [6.07, 6.45) is 9.52. The molecule has 0 unspecified atom stereocenters. The lowest BCUT2D eigenvalue weighted by Gasteiger charge is -2.40. The lowest BCUT2D eigenvalue weighted by molar-refractivity contribution is 0.0809. The van der Waals surface area contributed by atoms with Gasteiger partial charge in [0, 0.05) is 19.8 Å². The number of hydrogen-bond acceptors (Lipinski definition) is 5. The van der Waals surface area contributed by atoms with Crippen LogP contribution in [0.2, 0.25) is 58.9 Å². The number of rotatable bonds is 19. The molecule has 0 rings (SSSR count). The Balaban J connectivity index is 4.47. The normalized spacial score (nSPS) is 13.8. The summed E-state index contributed by atoms with van der Waals surface area (Å²) >= 11 is 0. The molecule has 0 N–H and O–H groups in total. The molecule has 30 heavy (non-hydrogen) atoms. The van der Waals surface area contributed by atoms with Crippen molar-refractivity contribution in [1.29, 1.82) is 0 Å². The molecular formula is C21H52O5Si4. The highest BCUT2D eigenvalue weighted by atomic mass is 28.5. The van der Waals surface area contributed by atoms with Crippen LogP contribution in [0.3, 0.4) is 0 Å². The quantitative estimate of drug-likeness (QED) is 0.140. The van der Waals surface area contributed by atoms with Gasteiger partial charge in [-0.15, -0.1) is 0 Å². The Labute approximate surface area is 192 Å². The van der Waals surface area contributed by atoms with E-state index in [9.17, 15) is 0 Å². The van der Waals surface area contributed by atoms with Crippen LogP contribution < -0.4 is 0 Å². The van der Waals surface area contributed by atoms with Gasteiger partial charge in [-0.1, -0.05) is 39.0 Å². The maximum Gasteiger partial charge on any atom is 0.647 e.